The van der Waals surface area contributed by atoms with Crippen LogP contribution in [0.25, 0.3) is 0 Å². The molecule has 0 saturated heterocycles. The summed E-state index contributed by atoms with van der Waals surface area (Å²) in [5, 5.41) is 8.37. The number of nitrogens with one attached hydrogen (secondary N) is 2. The van der Waals surface area contributed by atoms with Gasteiger partial charge >= 0.3 is 22.3 Å². The molecular weight excluding hydrogens is 392 g/mol. The van der Waals surface area contributed by atoms with Crippen LogP contribution in [0, 0.1) is 17.8 Å². The maximum absolute atomic E-state index is 11.8. The van der Waals surface area contributed by atoms with Crippen molar-refractivity contribution in [3.8, 4) is 0 Å². The first-order valence-electron chi connectivity index (χ1n) is 9.35. The minimum absolute atomic E-state index is 0.0475. The Bertz CT molecular complexity index is 636. The highest BCUT2D eigenvalue weighted by atomic mass is 32.2. The topological polar surface area (TPSA) is 140 Å². The first-order valence-corrected chi connectivity index (χ1v) is 10.8. The number of carboxylic acids is 1. The zero-order valence-electron chi connectivity index (χ0n) is 15.7. The molecule has 28 heavy (non-hydrogen) atoms. The lowest BCUT2D eigenvalue weighted by Crippen LogP contribution is -2.42. The normalized spacial score (nSPS) is 25.1. The quantitative estimate of drug-likeness (QED) is 0.309. The standard InChI is InChI=1S/C17H28N2O8S/c20-16(21)12-26-10-9-25-8-7-18-28(23,24)19-17(22)27-11-15-13-5-3-1-2-4-6-14(13)15/h1-2,13-15,18H,3-12H2,(H,19,22)(H,20,21)/b2-1-/t13-,14+,15-. The van der Waals surface area contributed by atoms with Crippen molar-refractivity contribution in [2.24, 2.45) is 17.8 Å². The largest absolute Gasteiger partial charge is 0.480 e. The molecule has 0 bridgehead atoms. The molecular formula is C17H28N2O8S. The van der Waals surface area contributed by atoms with Crippen LogP contribution in [-0.4, -0.2) is 65.2 Å². The Morgan fingerprint density at radius 3 is 2.32 bits per heavy atom. The second kappa shape index (κ2) is 11.3. The van der Waals surface area contributed by atoms with E-state index >= 15 is 0 Å². The van der Waals surface area contributed by atoms with Crippen LogP contribution in [0.2, 0.25) is 0 Å². The first-order chi connectivity index (χ1) is 13.4. The Balaban J connectivity index is 1.53. The van der Waals surface area contributed by atoms with Gasteiger partial charge < -0.3 is 19.3 Å². The number of rotatable bonds is 12. The SMILES string of the molecule is O=C(O)COCCOCCNS(=O)(=O)NC(=O)OC[C@@H]1[C@@H]2CC/C=C\CC[C@@H]21. The molecule has 0 aliphatic heterocycles. The van der Waals surface area contributed by atoms with Crippen LogP contribution in [-0.2, 0) is 29.2 Å². The molecule has 1 fully saturated rings. The molecule has 11 heteroatoms. The van der Waals surface area contributed by atoms with Gasteiger partial charge in [-0.05, 0) is 43.4 Å². The van der Waals surface area contributed by atoms with Gasteiger partial charge in [-0.3, -0.25) is 0 Å². The van der Waals surface area contributed by atoms with Crippen molar-refractivity contribution in [3.63, 3.8) is 0 Å². The molecule has 2 aliphatic carbocycles. The second-order valence-electron chi connectivity index (χ2n) is 6.77. The van der Waals surface area contributed by atoms with Crippen LogP contribution in [0.1, 0.15) is 25.7 Å². The zero-order chi connectivity index (χ0) is 20.4. The lowest BCUT2D eigenvalue weighted by Gasteiger charge is -2.09. The van der Waals surface area contributed by atoms with E-state index in [4.69, 9.17) is 19.3 Å². The highest BCUT2D eigenvalue weighted by molar-refractivity contribution is 7.88. The van der Waals surface area contributed by atoms with Gasteiger partial charge in [0.15, 0.2) is 0 Å². The van der Waals surface area contributed by atoms with E-state index in [9.17, 15) is 18.0 Å². The molecule has 0 aromatic heterocycles. The molecule has 160 valence electrons. The van der Waals surface area contributed by atoms with Gasteiger partial charge in [0.05, 0.1) is 26.4 Å². The molecule has 3 atom stereocenters. The first kappa shape index (κ1) is 22.6. The molecule has 0 aromatic rings. The van der Waals surface area contributed by atoms with E-state index in [0.717, 1.165) is 25.7 Å². The molecule has 1 saturated carbocycles. The van der Waals surface area contributed by atoms with Crippen LogP contribution in [0.15, 0.2) is 12.2 Å². The molecule has 10 nitrogen and oxygen atoms in total. The third-order valence-electron chi connectivity index (χ3n) is 4.77. The van der Waals surface area contributed by atoms with Gasteiger partial charge in [-0.15, -0.1) is 0 Å². The molecule has 0 unspecified atom stereocenters. The number of allylic oxidation sites excluding steroid dienone is 2. The van der Waals surface area contributed by atoms with E-state index in [0.29, 0.717) is 17.8 Å². The summed E-state index contributed by atoms with van der Waals surface area (Å²) in [5.74, 6) is 0.362. The summed E-state index contributed by atoms with van der Waals surface area (Å²) < 4.78 is 42.4. The van der Waals surface area contributed by atoms with E-state index in [2.05, 4.69) is 16.9 Å². The Kier molecular flexibility index (Phi) is 9.16. The van der Waals surface area contributed by atoms with Gasteiger partial charge in [-0.2, -0.15) is 13.1 Å². The predicted molar refractivity (Wildman–Crippen MR) is 98.8 cm³/mol. The van der Waals surface area contributed by atoms with Crippen molar-refractivity contribution in [3.05, 3.63) is 12.2 Å². The number of carboxylic acid groups (broad SMARTS) is 1. The highest BCUT2D eigenvalue weighted by Crippen LogP contribution is 2.52. The summed E-state index contributed by atoms with van der Waals surface area (Å²) in [6.45, 7) is 0.0249. The van der Waals surface area contributed by atoms with Gasteiger partial charge in [0.1, 0.15) is 6.61 Å². The zero-order valence-corrected chi connectivity index (χ0v) is 16.5. The number of aliphatic carboxylic acids is 1. The monoisotopic (exact) mass is 420 g/mol. The molecule has 0 spiro atoms. The van der Waals surface area contributed by atoms with Gasteiger partial charge in [0.25, 0.3) is 0 Å². The molecule has 0 radical (unpaired) electrons. The average Bonchev–Trinajstić information content (AvgIpc) is 3.24. The van der Waals surface area contributed by atoms with E-state index < -0.39 is 28.9 Å². The second-order valence-corrected chi connectivity index (χ2v) is 8.27. The molecule has 0 heterocycles. The van der Waals surface area contributed by atoms with Crippen LogP contribution >= 0.6 is 0 Å². The van der Waals surface area contributed by atoms with E-state index in [1.54, 1.807) is 0 Å². The number of amides is 1. The maximum atomic E-state index is 11.8. The van der Waals surface area contributed by atoms with Crippen LogP contribution in [0.3, 0.4) is 0 Å². The van der Waals surface area contributed by atoms with E-state index in [-0.39, 0.29) is 33.0 Å². The Hall–Kier alpha value is -1.69. The number of fused-ring (bicyclic) bond motifs is 1. The number of hydrogen-bond donors (Lipinski definition) is 3. The number of carbonyl (C=O) groups excluding carboxylic acids is 1. The average molecular weight is 420 g/mol. The van der Waals surface area contributed by atoms with Crippen molar-refractivity contribution in [1.29, 1.82) is 0 Å². The van der Waals surface area contributed by atoms with Crippen molar-refractivity contribution in [2.75, 3.05) is 39.6 Å². The van der Waals surface area contributed by atoms with Crippen molar-refractivity contribution < 1.29 is 37.3 Å². The molecule has 2 aliphatic rings. The molecule has 0 aromatic carbocycles. The van der Waals surface area contributed by atoms with Crippen LogP contribution < -0.4 is 9.44 Å². The smallest absolute Gasteiger partial charge is 0.421 e. The van der Waals surface area contributed by atoms with Gasteiger partial charge in [0, 0.05) is 6.54 Å². The lowest BCUT2D eigenvalue weighted by molar-refractivity contribution is -0.142. The predicted octanol–water partition coefficient (Wildman–Crippen LogP) is 0.657. The molecule has 1 amide bonds. The molecule has 3 N–H and O–H groups in total. The van der Waals surface area contributed by atoms with Crippen molar-refractivity contribution in [1.82, 2.24) is 9.44 Å². The third kappa shape index (κ3) is 8.55. The Morgan fingerprint density at radius 1 is 1.04 bits per heavy atom. The fourth-order valence-electron chi connectivity index (χ4n) is 3.42. The minimum atomic E-state index is -4.03. The summed E-state index contributed by atoms with van der Waals surface area (Å²) in [6, 6.07) is 0. The fourth-order valence-corrected chi connectivity index (χ4v) is 4.12. The van der Waals surface area contributed by atoms with Crippen LogP contribution in [0.5, 0.6) is 0 Å². The van der Waals surface area contributed by atoms with Gasteiger partial charge in [0.2, 0.25) is 0 Å². The van der Waals surface area contributed by atoms with E-state index in [1.807, 2.05) is 4.72 Å². The Labute approximate surface area is 164 Å². The fraction of sp³-hybridized carbons (Fsp3) is 0.765. The summed E-state index contributed by atoms with van der Waals surface area (Å²) >= 11 is 0. The summed E-state index contributed by atoms with van der Waals surface area (Å²) in [6.07, 6.45) is 7.61. The number of hydrogen-bond acceptors (Lipinski definition) is 7. The van der Waals surface area contributed by atoms with Gasteiger partial charge in [-0.25, -0.2) is 14.3 Å². The number of ether oxygens (including phenoxy) is 3. The molecule has 2 rings (SSSR count). The van der Waals surface area contributed by atoms with Crippen molar-refractivity contribution >= 4 is 22.3 Å². The van der Waals surface area contributed by atoms with Crippen molar-refractivity contribution in [2.45, 2.75) is 25.7 Å². The maximum Gasteiger partial charge on any atom is 0.421 e. The van der Waals surface area contributed by atoms with Gasteiger partial charge in [-0.1, -0.05) is 12.2 Å². The van der Waals surface area contributed by atoms with Crippen LogP contribution in [0.4, 0.5) is 4.79 Å². The minimum Gasteiger partial charge on any atom is -0.480 e. The summed E-state index contributed by atoms with van der Waals surface area (Å²) in [5.41, 5.74) is 0. The number of carbonyl (C=O) groups is 2. The third-order valence-corrected chi connectivity index (χ3v) is 5.79. The highest BCUT2D eigenvalue weighted by Gasteiger charge is 2.49. The lowest BCUT2D eigenvalue weighted by atomic mass is 10.1. The summed E-state index contributed by atoms with van der Waals surface area (Å²) in [7, 11) is -4.03. The summed E-state index contributed by atoms with van der Waals surface area (Å²) in [4.78, 5) is 22.0. The Morgan fingerprint density at radius 2 is 1.68 bits per heavy atom. The van der Waals surface area contributed by atoms with E-state index in [1.165, 1.54) is 0 Å².